The number of likely N-dealkylation sites (N-methyl/N-ethyl adjacent to an activating group) is 2. The van der Waals surface area contributed by atoms with E-state index in [1.54, 1.807) is 0 Å². The molecule has 3 atom stereocenters. The highest BCUT2D eigenvalue weighted by molar-refractivity contribution is 5.82. The van der Waals surface area contributed by atoms with Gasteiger partial charge in [0.05, 0.1) is 6.04 Å². The molecular weight excluding hydrogens is 226 g/mol. The Balaban J connectivity index is 2.09. The molecule has 0 aromatic carbocycles. The van der Waals surface area contributed by atoms with E-state index in [1.807, 2.05) is 7.05 Å². The maximum atomic E-state index is 12.6. The van der Waals surface area contributed by atoms with Gasteiger partial charge in [0.1, 0.15) is 0 Å². The fraction of sp³-hybridized carbons (Fsp3) is 0.929. The van der Waals surface area contributed by atoms with Gasteiger partial charge in [0.15, 0.2) is 0 Å². The molecule has 4 heteroatoms. The zero-order valence-electron chi connectivity index (χ0n) is 12.0. The van der Waals surface area contributed by atoms with Crippen molar-refractivity contribution in [1.29, 1.82) is 0 Å². The summed E-state index contributed by atoms with van der Waals surface area (Å²) in [5.41, 5.74) is 0. The van der Waals surface area contributed by atoms with Gasteiger partial charge in [-0.1, -0.05) is 6.42 Å². The third-order valence-electron chi connectivity index (χ3n) is 4.56. The number of carbonyl (C=O) groups is 1. The lowest BCUT2D eigenvalue weighted by Gasteiger charge is -2.33. The highest BCUT2D eigenvalue weighted by Gasteiger charge is 2.39. The summed E-state index contributed by atoms with van der Waals surface area (Å²) in [4.78, 5) is 16.9. The summed E-state index contributed by atoms with van der Waals surface area (Å²) in [5, 5.41) is 3.20. The van der Waals surface area contributed by atoms with Gasteiger partial charge in [-0.25, -0.2) is 0 Å². The first-order valence-electron chi connectivity index (χ1n) is 7.26. The van der Waals surface area contributed by atoms with E-state index in [0.717, 1.165) is 25.4 Å². The molecule has 104 valence electrons. The molecule has 0 radical (unpaired) electrons. The lowest BCUT2D eigenvalue weighted by atomic mass is 9.97. The maximum absolute atomic E-state index is 12.6. The fourth-order valence-electron chi connectivity index (χ4n) is 3.48. The average molecular weight is 253 g/mol. The second-order valence-electron chi connectivity index (χ2n) is 6.01. The first-order valence-corrected chi connectivity index (χ1v) is 7.26. The van der Waals surface area contributed by atoms with Crippen molar-refractivity contribution in [3.63, 3.8) is 0 Å². The van der Waals surface area contributed by atoms with Crippen molar-refractivity contribution < 1.29 is 4.79 Å². The standard InChI is InChI=1S/C14H27N3O/c1-15-12-8-7-11-5-4-6-13(11)17(14(12)18)10-9-16(2)3/h11-13,15H,4-10H2,1-3H3. The van der Waals surface area contributed by atoms with Crippen LogP contribution in [0.5, 0.6) is 0 Å². The van der Waals surface area contributed by atoms with E-state index >= 15 is 0 Å². The van der Waals surface area contributed by atoms with E-state index in [0.29, 0.717) is 11.9 Å². The van der Waals surface area contributed by atoms with Crippen LogP contribution in [0.4, 0.5) is 0 Å². The van der Waals surface area contributed by atoms with Crippen LogP contribution in [0.25, 0.3) is 0 Å². The number of likely N-dealkylation sites (tertiary alicyclic amines) is 1. The second kappa shape index (κ2) is 6.02. The Bertz CT molecular complexity index is 293. The summed E-state index contributed by atoms with van der Waals surface area (Å²) in [5.74, 6) is 1.07. The van der Waals surface area contributed by atoms with Gasteiger partial charge < -0.3 is 15.1 Å². The van der Waals surface area contributed by atoms with Gasteiger partial charge in [-0.2, -0.15) is 0 Å². The summed E-state index contributed by atoms with van der Waals surface area (Å²) < 4.78 is 0. The Morgan fingerprint density at radius 1 is 1.28 bits per heavy atom. The highest BCUT2D eigenvalue weighted by atomic mass is 16.2. The smallest absolute Gasteiger partial charge is 0.239 e. The molecule has 2 aliphatic rings. The average Bonchev–Trinajstić information content (AvgIpc) is 2.74. The van der Waals surface area contributed by atoms with Crippen molar-refractivity contribution in [1.82, 2.24) is 15.1 Å². The zero-order chi connectivity index (χ0) is 13.1. The number of hydrogen-bond acceptors (Lipinski definition) is 3. The predicted molar refractivity (Wildman–Crippen MR) is 73.5 cm³/mol. The molecule has 0 spiro atoms. The van der Waals surface area contributed by atoms with Crippen molar-refractivity contribution >= 4 is 5.91 Å². The van der Waals surface area contributed by atoms with Gasteiger partial charge in [0, 0.05) is 19.1 Å². The number of nitrogens with zero attached hydrogens (tertiary/aromatic N) is 2. The van der Waals surface area contributed by atoms with Gasteiger partial charge >= 0.3 is 0 Å². The summed E-state index contributed by atoms with van der Waals surface area (Å²) in [6.45, 7) is 1.84. The Morgan fingerprint density at radius 2 is 2.06 bits per heavy atom. The summed E-state index contributed by atoms with van der Waals surface area (Å²) in [6.07, 6.45) is 6.04. The van der Waals surface area contributed by atoms with Gasteiger partial charge in [-0.15, -0.1) is 0 Å². The molecule has 3 unspecified atom stereocenters. The molecule has 2 rings (SSSR count). The monoisotopic (exact) mass is 253 g/mol. The molecule has 18 heavy (non-hydrogen) atoms. The topological polar surface area (TPSA) is 35.6 Å². The fourth-order valence-corrected chi connectivity index (χ4v) is 3.48. The van der Waals surface area contributed by atoms with Crippen molar-refractivity contribution in [2.24, 2.45) is 5.92 Å². The van der Waals surface area contributed by atoms with Crippen LogP contribution >= 0.6 is 0 Å². The van der Waals surface area contributed by atoms with Crippen LogP contribution in [-0.2, 0) is 4.79 Å². The minimum Gasteiger partial charge on any atom is -0.337 e. The van der Waals surface area contributed by atoms with E-state index in [-0.39, 0.29) is 6.04 Å². The third kappa shape index (κ3) is 2.86. The maximum Gasteiger partial charge on any atom is 0.239 e. The van der Waals surface area contributed by atoms with E-state index in [4.69, 9.17) is 0 Å². The van der Waals surface area contributed by atoms with Crippen LogP contribution in [0.2, 0.25) is 0 Å². The molecular formula is C14H27N3O. The first-order chi connectivity index (χ1) is 8.63. The molecule has 0 aromatic rings. The molecule has 1 saturated heterocycles. The number of amides is 1. The molecule has 0 aromatic heterocycles. The molecule has 1 aliphatic carbocycles. The van der Waals surface area contributed by atoms with E-state index in [1.165, 1.54) is 25.7 Å². The lowest BCUT2D eigenvalue weighted by Crippen LogP contribution is -2.50. The van der Waals surface area contributed by atoms with Crippen molar-refractivity contribution in [2.75, 3.05) is 34.2 Å². The largest absolute Gasteiger partial charge is 0.337 e. The molecule has 1 amide bonds. The Morgan fingerprint density at radius 3 is 2.72 bits per heavy atom. The molecule has 2 fully saturated rings. The summed E-state index contributed by atoms with van der Waals surface area (Å²) in [6, 6.07) is 0.550. The van der Waals surface area contributed by atoms with Gasteiger partial charge in [-0.05, 0) is 52.7 Å². The Hall–Kier alpha value is -0.610. The quantitative estimate of drug-likeness (QED) is 0.809. The molecule has 1 N–H and O–H groups in total. The van der Waals surface area contributed by atoms with Crippen LogP contribution in [0.3, 0.4) is 0 Å². The molecule has 4 nitrogen and oxygen atoms in total. The summed E-state index contributed by atoms with van der Waals surface area (Å²) >= 11 is 0. The molecule has 1 aliphatic heterocycles. The highest BCUT2D eigenvalue weighted by Crippen LogP contribution is 2.36. The predicted octanol–water partition coefficient (Wildman–Crippen LogP) is 0.927. The molecule has 1 saturated carbocycles. The van der Waals surface area contributed by atoms with Crippen molar-refractivity contribution in [3.8, 4) is 0 Å². The number of carbonyl (C=O) groups excluding carboxylic acids is 1. The number of fused-ring (bicyclic) bond motifs is 1. The number of rotatable bonds is 4. The SMILES string of the molecule is CNC1CCC2CCCC2N(CCN(C)C)C1=O. The van der Waals surface area contributed by atoms with Gasteiger partial charge in [0.25, 0.3) is 0 Å². The van der Waals surface area contributed by atoms with Crippen molar-refractivity contribution in [2.45, 2.75) is 44.2 Å². The normalized spacial score (nSPS) is 32.8. The second-order valence-corrected chi connectivity index (χ2v) is 6.01. The lowest BCUT2D eigenvalue weighted by molar-refractivity contribution is -0.135. The van der Waals surface area contributed by atoms with E-state index in [9.17, 15) is 4.79 Å². The molecule has 1 heterocycles. The van der Waals surface area contributed by atoms with Crippen LogP contribution in [0.1, 0.15) is 32.1 Å². The van der Waals surface area contributed by atoms with Crippen LogP contribution < -0.4 is 5.32 Å². The number of nitrogens with one attached hydrogen (secondary N) is 1. The van der Waals surface area contributed by atoms with Crippen LogP contribution in [0, 0.1) is 5.92 Å². The third-order valence-corrected chi connectivity index (χ3v) is 4.56. The van der Waals surface area contributed by atoms with Gasteiger partial charge in [-0.3, -0.25) is 4.79 Å². The first kappa shape index (κ1) is 13.8. The number of hydrogen-bond donors (Lipinski definition) is 1. The minimum atomic E-state index is 0.0396. The van der Waals surface area contributed by atoms with E-state index < -0.39 is 0 Å². The van der Waals surface area contributed by atoms with Crippen molar-refractivity contribution in [3.05, 3.63) is 0 Å². The zero-order valence-corrected chi connectivity index (χ0v) is 12.0. The summed E-state index contributed by atoms with van der Waals surface area (Å²) in [7, 11) is 6.06. The van der Waals surface area contributed by atoms with Gasteiger partial charge in [0.2, 0.25) is 5.91 Å². The Kier molecular flexibility index (Phi) is 4.62. The van der Waals surface area contributed by atoms with E-state index in [2.05, 4.69) is 29.2 Å². The van der Waals surface area contributed by atoms with Crippen LogP contribution in [-0.4, -0.2) is 62.0 Å². The van der Waals surface area contributed by atoms with Crippen LogP contribution in [0.15, 0.2) is 0 Å². The Labute approximate surface area is 111 Å². The minimum absolute atomic E-state index is 0.0396. The molecule has 0 bridgehead atoms.